The van der Waals surface area contributed by atoms with E-state index in [1.54, 1.807) is 0 Å². The Labute approximate surface area is 162 Å². The van der Waals surface area contributed by atoms with Crippen LogP contribution in [0.25, 0.3) is 0 Å². The molecule has 0 unspecified atom stereocenters. The molecule has 3 rings (SSSR count). The fourth-order valence-electron chi connectivity index (χ4n) is 3.64. The van der Waals surface area contributed by atoms with Gasteiger partial charge in [0.1, 0.15) is 0 Å². The van der Waals surface area contributed by atoms with Crippen molar-refractivity contribution in [3.8, 4) is 0 Å². The van der Waals surface area contributed by atoms with Crippen LogP contribution in [0, 0.1) is 5.92 Å². The first kappa shape index (κ1) is 20.7. The fraction of sp³-hybridized carbons (Fsp3) is 0.667. The smallest absolute Gasteiger partial charge is 0.243 e. The van der Waals surface area contributed by atoms with Gasteiger partial charge in [-0.2, -0.15) is 4.31 Å². The number of piperidine rings is 1. The van der Waals surface area contributed by atoms with Crippen LogP contribution in [0.5, 0.6) is 0 Å². The molecule has 2 saturated heterocycles. The van der Waals surface area contributed by atoms with Crippen LogP contribution in [0.2, 0.25) is 0 Å². The van der Waals surface area contributed by atoms with Gasteiger partial charge < -0.3 is 4.74 Å². The van der Waals surface area contributed by atoms with Gasteiger partial charge in [-0.15, -0.1) is 0 Å². The molecule has 0 spiro atoms. The molecule has 9 heteroatoms. The minimum Gasteiger partial charge on any atom is -0.379 e. The third kappa shape index (κ3) is 5.29. The molecule has 2 aliphatic heterocycles. The molecule has 0 saturated carbocycles. The summed E-state index contributed by atoms with van der Waals surface area (Å²) in [7, 11) is -7.10. The summed E-state index contributed by atoms with van der Waals surface area (Å²) in [5.41, 5.74) is 0. The molecule has 7 nitrogen and oxygen atoms in total. The lowest BCUT2D eigenvalue weighted by atomic mass is 9.94. The van der Waals surface area contributed by atoms with Gasteiger partial charge in [-0.25, -0.2) is 16.8 Å². The Hall–Kier alpha value is -1.00. The number of ether oxygens (including phenoxy) is 1. The summed E-state index contributed by atoms with van der Waals surface area (Å²) in [6, 6.07) is 5.63. The number of morpholine rings is 1. The third-order valence-corrected chi connectivity index (χ3v) is 8.41. The largest absolute Gasteiger partial charge is 0.379 e. The first-order valence-electron chi connectivity index (χ1n) is 9.37. The average molecular weight is 417 g/mol. The van der Waals surface area contributed by atoms with Gasteiger partial charge in [0.2, 0.25) is 10.0 Å². The number of hydrogen-bond acceptors (Lipinski definition) is 6. The molecule has 0 aliphatic carbocycles. The molecule has 0 radical (unpaired) electrons. The summed E-state index contributed by atoms with van der Waals surface area (Å²) >= 11 is 0. The predicted molar refractivity (Wildman–Crippen MR) is 103 cm³/mol. The van der Waals surface area contributed by atoms with Crippen LogP contribution in [0.1, 0.15) is 19.3 Å². The summed E-state index contributed by atoms with van der Waals surface area (Å²) in [6.07, 6.45) is 3.85. The lowest BCUT2D eigenvalue weighted by Crippen LogP contribution is -2.40. The molecule has 1 aromatic rings. The molecule has 2 aliphatic rings. The van der Waals surface area contributed by atoms with Crippen LogP contribution in [0.4, 0.5) is 0 Å². The topological polar surface area (TPSA) is 84.0 Å². The van der Waals surface area contributed by atoms with Gasteiger partial charge in [0.05, 0.1) is 23.0 Å². The Morgan fingerprint density at radius 1 is 1.00 bits per heavy atom. The van der Waals surface area contributed by atoms with Crippen LogP contribution in [0.15, 0.2) is 34.1 Å². The van der Waals surface area contributed by atoms with Gasteiger partial charge >= 0.3 is 0 Å². The van der Waals surface area contributed by atoms with Crippen molar-refractivity contribution >= 4 is 19.9 Å². The Kier molecular flexibility index (Phi) is 6.58. The Balaban J connectivity index is 1.58. The monoisotopic (exact) mass is 416 g/mol. The highest BCUT2D eigenvalue weighted by Crippen LogP contribution is 2.27. The average Bonchev–Trinajstić information content (AvgIpc) is 2.67. The number of hydrogen-bond donors (Lipinski definition) is 0. The molecule has 0 amide bonds. The first-order chi connectivity index (χ1) is 12.8. The van der Waals surface area contributed by atoms with Gasteiger partial charge in [0.25, 0.3) is 0 Å². The SMILES string of the molecule is CS(=O)(=O)c1cccc(S(=O)(=O)N2CCC(CCN3CCOCC3)CC2)c1. The van der Waals surface area contributed by atoms with Crippen LogP contribution in [-0.2, 0) is 24.6 Å². The number of benzene rings is 1. The number of nitrogens with zero attached hydrogens (tertiary/aromatic N) is 2. The first-order valence-corrected chi connectivity index (χ1v) is 12.7. The normalized spacial score (nSPS) is 21.4. The van der Waals surface area contributed by atoms with E-state index in [0.29, 0.717) is 19.0 Å². The van der Waals surface area contributed by atoms with Crippen LogP contribution in [0.3, 0.4) is 0 Å². The van der Waals surface area contributed by atoms with Crippen molar-refractivity contribution in [1.82, 2.24) is 9.21 Å². The van der Waals surface area contributed by atoms with Crippen LogP contribution >= 0.6 is 0 Å². The van der Waals surface area contributed by atoms with Crippen molar-refractivity contribution in [3.63, 3.8) is 0 Å². The second-order valence-electron chi connectivity index (χ2n) is 7.34. The van der Waals surface area contributed by atoms with Crippen molar-refractivity contribution in [1.29, 1.82) is 0 Å². The van der Waals surface area contributed by atoms with Crippen molar-refractivity contribution in [3.05, 3.63) is 24.3 Å². The molecule has 27 heavy (non-hydrogen) atoms. The molecule has 2 fully saturated rings. The van der Waals surface area contributed by atoms with E-state index in [-0.39, 0.29) is 9.79 Å². The van der Waals surface area contributed by atoms with Crippen molar-refractivity contribution in [2.24, 2.45) is 5.92 Å². The van der Waals surface area contributed by atoms with Crippen molar-refractivity contribution in [2.75, 3.05) is 52.2 Å². The van der Waals surface area contributed by atoms with E-state index in [4.69, 9.17) is 4.74 Å². The number of rotatable bonds is 6. The molecular weight excluding hydrogens is 388 g/mol. The second-order valence-corrected chi connectivity index (χ2v) is 11.3. The highest BCUT2D eigenvalue weighted by Gasteiger charge is 2.30. The zero-order valence-electron chi connectivity index (χ0n) is 15.7. The lowest BCUT2D eigenvalue weighted by Gasteiger charge is -2.33. The molecule has 2 heterocycles. The van der Waals surface area contributed by atoms with E-state index in [2.05, 4.69) is 4.90 Å². The highest BCUT2D eigenvalue weighted by atomic mass is 32.2. The molecule has 0 atom stereocenters. The zero-order chi connectivity index (χ0) is 19.5. The van der Waals surface area contributed by atoms with E-state index in [0.717, 1.165) is 58.4 Å². The maximum absolute atomic E-state index is 12.9. The summed E-state index contributed by atoms with van der Waals surface area (Å²) in [5, 5.41) is 0. The molecule has 1 aromatic carbocycles. The summed E-state index contributed by atoms with van der Waals surface area (Å²) in [6.45, 7) is 5.55. The summed E-state index contributed by atoms with van der Waals surface area (Å²) < 4.78 is 56.0. The van der Waals surface area contributed by atoms with Crippen molar-refractivity contribution < 1.29 is 21.6 Å². The van der Waals surface area contributed by atoms with E-state index in [1.807, 2.05) is 0 Å². The van der Waals surface area contributed by atoms with E-state index < -0.39 is 19.9 Å². The van der Waals surface area contributed by atoms with E-state index in [1.165, 1.54) is 28.6 Å². The zero-order valence-corrected chi connectivity index (χ0v) is 17.3. The van der Waals surface area contributed by atoms with Crippen LogP contribution in [-0.4, -0.2) is 78.2 Å². The van der Waals surface area contributed by atoms with E-state index >= 15 is 0 Å². The second kappa shape index (κ2) is 8.57. The standard InChI is InChI=1S/C18H28N2O5S2/c1-26(21,22)17-3-2-4-18(15-17)27(23,24)20-9-6-16(7-10-20)5-8-19-11-13-25-14-12-19/h2-4,15-16H,5-14H2,1H3. The van der Waals surface area contributed by atoms with Crippen LogP contribution < -0.4 is 0 Å². The summed E-state index contributed by atoms with van der Waals surface area (Å²) in [4.78, 5) is 2.49. The molecule has 0 bridgehead atoms. The lowest BCUT2D eigenvalue weighted by molar-refractivity contribution is 0.0343. The maximum atomic E-state index is 12.9. The Morgan fingerprint density at radius 3 is 2.26 bits per heavy atom. The fourth-order valence-corrected chi connectivity index (χ4v) is 5.90. The van der Waals surface area contributed by atoms with Gasteiger partial charge in [-0.3, -0.25) is 4.90 Å². The Morgan fingerprint density at radius 2 is 1.63 bits per heavy atom. The minimum atomic E-state index is -3.66. The van der Waals surface area contributed by atoms with E-state index in [9.17, 15) is 16.8 Å². The van der Waals surface area contributed by atoms with Gasteiger partial charge in [-0.05, 0) is 49.9 Å². The Bertz CT molecular complexity index is 840. The predicted octanol–water partition coefficient (Wildman–Crippen LogP) is 1.21. The van der Waals surface area contributed by atoms with Crippen molar-refractivity contribution in [2.45, 2.75) is 29.1 Å². The molecule has 152 valence electrons. The molecule has 0 N–H and O–H groups in total. The van der Waals surface area contributed by atoms with Gasteiger partial charge in [-0.1, -0.05) is 6.07 Å². The van der Waals surface area contributed by atoms with Gasteiger partial charge in [0, 0.05) is 32.4 Å². The highest BCUT2D eigenvalue weighted by molar-refractivity contribution is 7.91. The van der Waals surface area contributed by atoms with Gasteiger partial charge in [0.15, 0.2) is 9.84 Å². The maximum Gasteiger partial charge on any atom is 0.243 e. The third-order valence-electron chi connectivity index (χ3n) is 5.40. The number of sulfonamides is 1. The number of sulfone groups is 1. The summed E-state index contributed by atoms with van der Waals surface area (Å²) in [5.74, 6) is 0.529. The minimum absolute atomic E-state index is 0.0315. The quantitative estimate of drug-likeness (QED) is 0.693. The molecular formula is C18H28N2O5S2. The molecule has 0 aromatic heterocycles.